The summed E-state index contributed by atoms with van der Waals surface area (Å²) in [5.41, 5.74) is 9.76. The molecule has 6 heteroatoms. The molecule has 5 nitrogen and oxygen atoms in total. The van der Waals surface area contributed by atoms with Crippen LogP contribution in [0.15, 0.2) is 186 Å². The Morgan fingerprint density at radius 2 is 0.843 bits per heavy atom. The molecule has 240 valence electrons. The predicted octanol–water partition coefficient (Wildman–Crippen LogP) is 11.9. The second-order valence-electron chi connectivity index (χ2n) is 12.5. The van der Waals surface area contributed by atoms with Gasteiger partial charge in [0.15, 0.2) is 17.5 Å². The standard InChI is InChI=1S/C45H29N5S/c1-3-13-30(14-4-1)43-46-44(31-15-5-2-6-16-31)48-45(47-43)32-23-25-33(26-24-32)49-39-21-11-12-22-41(39)51-42-29-34(27-28-40(42)49)50-37-19-9-7-17-35(37)36-18-8-10-20-38(36)50/h1-29H. The van der Waals surface area contributed by atoms with Crippen LogP contribution in [0.1, 0.15) is 0 Å². The molecule has 0 spiro atoms. The molecule has 0 saturated heterocycles. The van der Waals surface area contributed by atoms with Gasteiger partial charge in [0.05, 0.1) is 22.4 Å². The molecular formula is C45H29N5S. The van der Waals surface area contributed by atoms with Crippen molar-refractivity contribution in [1.82, 2.24) is 19.5 Å². The number of anilines is 3. The van der Waals surface area contributed by atoms with Gasteiger partial charge in [-0.1, -0.05) is 121 Å². The topological polar surface area (TPSA) is 46.8 Å². The van der Waals surface area contributed by atoms with Gasteiger partial charge in [0.25, 0.3) is 0 Å². The zero-order valence-electron chi connectivity index (χ0n) is 27.4. The number of nitrogens with zero attached hydrogens (tertiary/aromatic N) is 5. The number of hydrogen-bond donors (Lipinski definition) is 0. The molecule has 0 N–H and O–H groups in total. The highest BCUT2D eigenvalue weighted by Crippen LogP contribution is 2.52. The molecule has 1 aliphatic rings. The lowest BCUT2D eigenvalue weighted by Gasteiger charge is -2.33. The Labute approximate surface area is 299 Å². The van der Waals surface area contributed by atoms with Crippen molar-refractivity contribution >= 4 is 50.6 Å². The molecule has 0 fully saturated rings. The number of fused-ring (bicyclic) bond motifs is 5. The third-order valence-corrected chi connectivity index (χ3v) is 10.5. The van der Waals surface area contributed by atoms with Crippen molar-refractivity contribution in [3.05, 3.63) is 176 Å². The van der Waals surface area contributed by atoms with Crippen LogP contribution in [-0.4, -0.2) is 19.5 Å². The number of hydrogen-bond acceptors (Lipinski definition) is 5. The van der Waals surface area contributed by atoms with Gasteiger partial charge in [0.1, 0.15) is 0 Å². The van der Waals surface area contributed by atoms with Gasteiger partial charge in [0, 0.05) is 48.6 Å². The molecule has 7 aromatic carbocycles. The molecule has 2 aromatic heterocycles. The zero-order valence-corrected chi connectivity index (χ0v) is 28.2. The third-order valence-electron chi connectivity index (χ3n) is 9.43. The second kappa shape index (κ2) is 12.1. The summed E-state index contributed by atoms with van der Waals surface area (Å²) in [7, 11) is 0. The maximum absolute atomic E-state index is 4.95. The number of aromatic nitrogens is 4. The first kappa shape index (κ1) is 29.4. The van der Waals surface area contributed by atoms with Crippen molar-refractivity contribution in [1.29, 1.82) is 0 Å². The van der Waals surface area contributed by atoms with E-state index in [-0.39, 0.29) is 0 Å². The van der Waals surface area contributed by atoms with Crippen LogP contribution in [0.5, 0.6) is 0 Å². The van der Waals surface area contributed by atoms with Crippen molar-refractivity contribution in [2.75, 3.05) is 4.90 Å². The summed E-state index contributed by atoms with van der Waals surface area (Å²) < 4.78 is 2.38. The van der Waals surface area contributed by atoms with Crippen LogP contribution >= 0.6 is 11.8 Å². The summed E-state index contributed by atoms with van der Waals surface area (Å²) in [6.45, 7) is 0. The minimum absolute atomic E-state index is 0.639. The van der Waals surface area contributed by atoms with Gasteiger partial charge >= 0.3 is 0 Å². The van der Waals surface area contributed by atoms with E-state index in [1.165, 1.54) is 31.6 Å². The van der Waals surface area contributed by atoms with E-state index in [2.05, 4.69) is 125 Å². The van der Waals surface area contributed by atoms with Crippen LogP contribution in [-0.2, 0) is 0 Å². The molecule has 0 saturated carbocycles. The third kappa shape index (κ3) is 5.07. The summed E-state index contributed by atoms with van der Waals surface area (Å²) in [5.74, 6) is 1.94. The van der Waals surface area contributed by atoms with E-state index in [1.54, 1.807) is 0 Å². The first-order valence-electron chi connectivity index (χ1n) is 17.0. The van der Waals surface area contributed by atoms with Gasteiger partial charge in [0.2, 0.25) is 0 Å². The van der Waals surface area contributed by atoms with Crippen LogP contribution in [0.3, 0.4) is 0 Å². The van der Waals surface area contributed by atoms with Crippen molar-refractivity contribution in [3.63, 3.8) is 0 Å². The Balaban J connectivity index is 1.07. The maximum atomic E-state index is 4.95. The Kier molecular flexibility index (Phi) is 6.99. The fraction of sp³-hybridized carbons (Fsp3) is 0. The molecule has 3 heterocycles. The quantitative estimate of drug-likeness (QED) is 0.182. The molecule has 0 amide bonds. The summed E-state index contributed by atoms with van der Waals surface area (Å²) in [5, 5.41) is 2.52. The summed E-state index contributed by atoms with van der Waals surface area (Å²) in [6.07, 6.45) is 0. The highest BCUT2D eigenvalue weighted by molar-refractivity contribution is 7.99. The largest absolute Gasteiger partial charge is 0.309 e. The van der Waals surface area contributed by atoms with Crippen LogP contribution < -0.4 is 4.90 Å². The molecule has 0 aliphatic carbocycles. The van der Waals surface area contributed by atoms with Crippen LogP contribution in [0.25, 0.3) is 61.7 Å². The highest BCUT2D eigenvalue weighted by atomic mass is 32.2. The van der Waals surface area contributed by atoms with E-state index < -0.39 is 0 Å². The lowest BCUT2D eigenvalue weighted by Crippen LogP contribution is -2.15. The second-order valence-corrected chi connectivity index (χ2v) is 13.6. The van der Waals surface area contributed by atoms with Crippen LogP contribution in [0, 0.1) is 0 Å². The molecule has 0 radical (unpaired) electrons. The van der Waals surface area contributed by atoms with Crippen molar-refractivity contribution in [2.45, 2.75) is 9.79 Å². The fourth-order valence-corrected chi connectivity index (χ4v) is 8.15. The van der Waals surface area contributed by atoms with E-state index in [9.17, 15) is 0 Å². The minimum atomic E-state index is 0.639. The molecule has 9 aromatic rings. The Morgan fingerprint density at radius 1 is 0.373 bits per heavy atom. The van der Waals surface area contributed by atoms with Gasteiger partial charge in [-0.2, -0.15) is 0 Å². The number of rotatable bonds is 5. The number of benzene rings is 7. The molecular weight excluding hydrogens is 643 g/mol. The molecule has 10 rings (SSSR count). The lowest BCUT2D eigenvalue weighted by atomic mass is 10.1. The summed E-state index contributed by atoms with van der Waals surface area (Å²) in [4.78, 5) is 19.5. The summed E-state index contributed by atoms with van der Waals surface area (Å²) >= 11 is 1.82. The number of para-hydroxylation sites is 3. The molecule has 0 unspecified atom stereocenters. The van der Waals surface area contributed by atoms with E-state index in [0.717, 1.165) is 39.4 Å². The summed E-state index contributed by atoms with van der Waals surface area (Å²) in [6, 6.07) is 61.5. The monoisotopic (exact) mass is 671 g/mol. The average molecular weight is 672 g/mol. The van der Waals surface area contributed by atoms with Gasteiger partial charge < -0.3 is 9.47 Å². The van der Waals surface area contributed by atoms with Gasteiger partial charge in [-0.25, -0.2) is 15.0 Å². The molecule has 1 aliphatic heterocycles. The smallest absolute Gasteiger partial charge is 0.164 e. The van der Waals surface area contributed by atoms with E-state index in [1.807, 2.05) is 72.4 Å². The lowest BCUT2D eigenvalue weighted by molar-refractivity contribution is 1.07. The first-order chi connectivity index (χ1) is 25.3. The van der Waals surface area contributed by atoms with Crippen LogP contribution in [0.2, 0.25) is 0 Å². The van der Waals surface area contributed by atoms with E-state index in [0.29, 0.717) is 17.5 Å². The first-order valence-corrected chi connectivity index (χ1v) is 17.8. The van der Waals surface area contributed by atoms with Crippen molar-refractivity contribution in [2.24, 2.45) is 0 Å². The minimum Gasteiger partial charge on any atom is -0.309 e. The van der Waals surface area contributed by atoms with Crippen molar-refractivity contribution < 1.29 is 0 Å². The molecule has 0 bridgehead atoms. The van der Waals surface area contributed by atoms with Crippen LogP contribution in [0.4, 0.5) is 17.1 Å². The van der Waals surface area contributed by atoms with Gasteiger partial charge in [-0.05, 0) is 66.7 Å². The van der Waals surface area contributed by atoms with E-state index >= 15 is 0 Å². The fourth-order valence-electron chi connectivity index (χ4n) is 7.06. The average Bonchev–Trinajstić information content (AvgIpc) is 3.55. The van der Waals surface area contributed by atoms with Gasteiger partial charge in [-0.3, -0.25) is 0 Å². The Bertz CT molecular complexity index is 2610. The Hall–Kier alpha value is -6.50. The van der Waals surface area contributed by atoms with Gasteiger partial charge in [-0.15, -0.1) is 0 Å². The zero-order chi connectivity index (χ0) is 33.7. The Morgan fingerprint density at radius 3 is 1.45 bits per heavy atom. The predicted molar refractivity (Wildman–Crippen MR) is 209 cm³/mol. The maximum Gasteiger partial charge on any atom is 0.164 e. The van der Waals surface area contributed by atoms with Crippen molar-refractivity contribution in [3.8, 4) is 39.9 Å². The van der Waals surface area contributed by atoms with E-state index in [4.69, 9.17) is 15.0 Å². The normalized spacial score (nSPS) is 12.2. The molecule has 51 heavy (non-hydrogen) atoms. The highest BCUT2D eigenvalue weighted by Gasteiger charge is 2.26. The molecule has 0 atom stereocenters. The SMILES string of the molecule is c1ccc(-c2nc(-c3ccccc3)nc(-c3ccc(N4c5ccccc5Sc5cc(-n6c7ccccc7c7ccccc76)ccc54)cc3)n2)cc1.